The first kappa shape index (κ1) is 18.4. The van der Waals surface area contributed by atoms with Gasteiger partial charge in [-0.3, -0.25) is 9.59 Å². The highest BCUT2D eigenvalue weighted by molar-refractivity contribution is 7.99. The third kappa shape index (κ3) is 5.01. The van der Waals surface area contributed by atoms with Crippen molar-refractivity contribution in [1.29, 1.82) is 0 Å². The molecule has 0 aliphatic heterocycles. The lowest BCUT2D eigenvalue weighted by Crippen LogP contribution is -2.42. The minimum Gasteiger partial charge on any atom is -0.480 e. The summed E-state index contributed by atoms with van der Waals surface area (Å²) in [7, 11) is 0. The number of benzene rings is 1. The number of hydrogen-bond donors (Lipinski definition) is 2. The second kappa shape index (κ2) is 8.21. The summed E-state index contributed by atoms with van der Waals surface area (Å²) in [6.45, 7) is 3.13. The summed E-state index contributed by atoms with van der Waals surface area (Å²) in [5.41, 5.74) is 0.865. The van der Waals surface area contributed by atoms with E-state index in [-0.39, 0.29) is 5.91 Å². The molecule has 8 heteroatoms. The minimum atomic E-state index is -1.07. The summed E-state index contributed by atoms with van der Waals surface area (Å²) in [4.78, 5) is 26.8. The molecule has 2 aromatic rings. The van der Waals surface area contributed by atoms with Gasteiger partial charge in [-0.15, -0.1) is 11.8 Å². The average Bonchev–Trinajstić information content (AvgIpc) is 3.02. The molecule has 128 valence electrons. The highest BCUT2D eigenvalue weighted by Crippen LogP contribution is 2.25. The molecule has 1 amide bonds. The number of carboxylic acid groups (broad SMARTS) is 1. The van der Waals surface area contributed by atoms with Crippen molar-refractivity contribution in [3.8, 4) is 11.3 Å². The number of hydrogen-bond acceptors (Lipinski definition) is 5. The Morgan fingerprint density at radius 2 is 2.00 bits per heavy atom. The lowest BCUT2D eigenvalue weighted by molar-refractivity contribution is -0.141. The van der Waals surface area contributed by atoms with Gasteiger partial charge in [0.2, 0.25) is 11.8 Å². The van der Waals surface area contributed by atoms with Crippen molar-refractivity contribution < 1.29 is 19.1 Å². The molecular weight excluding hydrogens is 352 g/mol. The van der Waals surface area contributed by atoms with E-state index >= 15 is 0 Å². The Kier molecular flexibility index (Phi) is 6.28. The van der Waals surface area contributed by atoms with Gasteiger partial charge in [-0.25, -0.2) is 4.98 Å². The molecule has 2 atom stereocenters. The maximum Gasteiger partial charge on any atom is 0.325 e. The topological polar surface area (TPSA) is 92.4 Å². The fourth-order valence-corrected chi connectivity index (χ4v) is 2.66. The third-order valence-corrected chi connectivity index (χ3v) is 4.62. The summed E-state index contributed by atoms with van der Waals surface area (Å²) in [5.74, 6) is 0.124. The SMILES string of the molecule is CC(SCc1ncc(-c2ccc(Cl)cc2)o1)C(=O)N[C@@H](C)C(=O)O. The van der Waals surface area contributed by atoms with Crippen LogP contribution in [0, 0.1) is 0 Å². The summed E-state index contributed by atoms with van der Waals surface area (Å²) >= 11 is 7.17. The molecule has 0 spiro atoms. The van der Waals surface area contributed by atoms with E-state index in [1.165, 1.54) is 18.7 Å². The zero-order valence-electron chi connectivity index (χ0n) is 13.2. The Bertz CT molecular complexity index is 717. The second-order valence-electron chi connectivity index (χ2n) is 5.15. The number of halogens is 1. The Balaban J connectivity index is 1.89. The predicted molar refractivity (Wildman–Crippen MR) is 92.9 cm³/mol. The Labute approximate surface area is 148 Å². The maximum absolute atomic E-state index is 11.9. The number of carboxylic acids is 1. The highest BCUT2D eigenvalue weighted by Gasteiger charge is 2.20. The van der Waals surface area contributed by atoms with Crippen LogP contribution in [0.5, 0.6) is 0 Å². The highest BCUT2D eigenvalue weighted by atomic mass is 35.5. The van der Waals surface area contributed by atoms with E-state index < -0.39 is 17.3 Å². The van der Waals surface area contributed by atoms with Gasteiger partial charge < -0.3 is 14.8 Å². The number of carbonyl (C=O) groups is 2. The van der Waals surface area contributed by atoms with Crippen molar-refractivity contribution in [2.75, 3.05) is 0 Å². The van der Waals surface area contributed by atoms with Crippen LogP contribution >= 0.6 is 23.4 Å². The number of thioether (sulfide) groups is 1. The van der Waals surface area contributed by atoms with E-state index in [0.717, 1.165) is 5.56 Å². The normalized spacial score (nSPS) is 13.3. The first-order chi connectivity index (χ1) is 11.4. The van der Waals surface area contributed by atoms with Crippen molar-refractivity contribution in [3.63, 3.8) is 0 Å². The molecule has 0 aliphatic carbocycles. The van der Waals surface area contributed by atoms with Crippen LogP contribution in [0.3, 0.4) is 0 Å². The van der Waals surface area contributed by atoms with Crippen molar-refractivity contribution in [2.24, 2.45) is 0 Å². The number of rotatable bonds is 7. The fourth-order valence-electron chi connectivity index (χ4n) is 1.79. The molecule has 6 nitrogen and oxygen atoms in total. The zero-order valence-corrected chi connectivity index (χ0v) is 14.7. The van der Waals surface area contributed by atoms with Gasteiger partial charge in [0.1, 0.15) is 6.04 Å². The molecule has 0 fully saturated rings. The van der Waals surface area contributed by atoms with E-state index in [9.17, 15) is 9.59 Å². The maximum atomic E-state index is 11.9. The number of carbonyl (C=O) groups excluding carboxylic acids is 1. The smallest absolute Gasteiger partial charge is 0.325 e. The zero-order chi connectivity index (χ0) is 17.7. The number of nitrogens with one attached hydrogen (secondary N) is 1. The molecule has 1 heterocycles. The summed E-state index contributed by atoms with van der Waals surface area (Å²) in [6.07, 6.45) is 1.62. The molecule has 0 bridgehead atoms. The van der Waals surface area contributed by atoms with Crippen LogP contribution in [0.4, 0.5) is 0 Å². The van der Waals surface area contributed by atoms with Crippen LogP contribution in [0.1, 0.15) is 19.7 Å². The number of amides is 1. The second-order valence-corrected chi connectivity index (χ2v) is 6.91. The van der Waals surface area contributed by atoms with Crippen molar-refractivity contribution in [2.45, 2.75) is 30.9 Å². The number of aliphatic carboxylic acids is 1. The van der Waals surface area contributed by atoms with E-state index in [1.54, 1.807) is 25.3 Å². The lowest BCUT2D eigenvalue weighted by atomic mass is 10.2. The van der Waals surface area contributed by atoms with Crippen molar-refractivity contribution in [3.05, 3.63) is 41.4 Å². The van der Waals surface area contributed by atoms with Crippen LogP contribution in [0.15, 0.2) is 34.9 Å². The first-order valence-corrected chi connectivity index (χ1v) is 8.65. The summed E-state index contributed by atoms with van der Waals surface area (Å²) < 4.78 is 5.66. The van der Waals surface area contributed by atoms with E-state index in [4.69, 9.17) is 21.1 Å². The summed E-state index contributed by atoms with van der Waals surface area (Å²) in [5, 5.41) is 11.4. The van der Waals surface area contributed by atoms with Crippen molar-refractivity contribution >= 4 is 35.2 Å². The number of oxazole rings is 1. The molecule has 1 unspecified atom stereocenters. The molecule has 0 saturated carbocycles. The van der Waals surface area contributed by atoms with Crippen LogP contribution < -0.4 is 5.32 Å². The Morgan fingerprint density at radius 1 is 1.33 bits per heavy atom. The lowest BCUT2D eigenvalue weighted by Gasteiger charge is -2.13. The van der Waals surface area contributed by atoms with Gasteiger partial charge >= 0.3 is 5.97 Å². The van der Waals surface area contributed by atoms with Gasteiger partial charge in [-0.05, 0) is 38.1 Å². The quantitative estimate of drug-likeness (QED) is 0.779. The molecule has 24 heavy (non-hydrogen) atoms. The van der Waals surface area contributed by atoms with Gasteiger partial charge in [0.05, 0.1) is 17.2 Å². The Morgan fingerprint density at radius 3 is 2.62 bits per heavy atom. The summed E-state index contributed by atoms with van der Waals surface area (Å²) in [6, 6.07) is 6.29. The first-order valence-electron chi connectivity index (χ1n) is 7.22. The molecule has 1 aromatic heterocycles. The third-order valence-electron chi connectivity index (χ3n) is 3.24. The van der Waals surface area contributed by atoms with Gasteiger partial charge in [0, 0.05) is 10.6 Å². The fraction of sp³-hybridized carbons (Fsp3) is 0.312. The van der Waals surface area contributed by atoms with Gasteiger partial charge in [-0.2, -0.15) is 0 Å². The molecule has 1 aromatic carbocycles. The predicted octanol–water partition coefficient (Wildman–Crippen LogP) is 3.21. The monoisotopic (exact) mass is 368 g/mol. The number of nitrogens with zero attached hydrogens (tertiary/aromatic N) is 1. The van der Waals surface area contributed by atoms with Gasteiger partial charge in [0.15, 0.2) is 5.76 Å². The molecule has 0 saturated heterocycles. The van der Waals surface area contributed by atoms with Crippen LogP contribution in [0.25, 0.3) is 11.3 Å². The van der Waals surface area contributed by atoms with E-state index in [0.29, 0.717) is 22.4 Å². The van der Waals surface area contributed by atoms with Crippen molar-refractivity contribution in [1.82, 2.24) is 10.3 Å². The van der Waals surface area contributed by atoms with Crippen LogP contribution in [0.2, 0.25) is 5.02 Å². The molecule has 2 rings (SSSR count). The van der Waals surface area contributed by atoms with E-state index in [1.807, 2.05) is 12.1 Å². The largest absolute Gasteiger partial charge is 0.480 e. The molecular formula is C16H17ClN2O4S. The van der Waals surface area contributed by atoms with Gasteiger partial charge in [-0.1, -0.05) is 11.6 Å². The average molecular weight is 369 g/mol. The van der Waals surface area contributed by atoms with Gasteiger partial charge in [0.25, 0.3) is 0 Å². The standard InChI is InChI=1S/C16H17ClN2O4S/c1-9(16(21)22)19-15(20)10(2)24-8-14-18-7-13(23-14)11-3-5-12(17)6-4-11/h3-7,9-10H,8H2,1-2H3,(H,19,20)(H,21,22)/t9-,10?/m0/s1. The number of aromatic nitrogens is 1. The molecule has 0 radical (unpaired) electrons. The molecule has 0 aliphatic rings. The minimum absolute atomic E-state index is 0.334. The van der Waals surface area contributed by atoms with Crippen LogP contribution in [-0.2, 0) is 15.3 Å². The molecule has 2 N–H and O–H groups in total. The van der Waals surface area contributed by atoms with E-state index in [2.05, 4.69) is 10.3 Å². The Hall–Kier alpha value is -1.99. The van der Waals surface area contributed by atoms with Crippen LogP contribution in [-0.4, -0.2) is 33.3 Å².